The van der Waals surface area contributed by atoms with E-state index in [9.17, 15) is 13.0 Å². The van der Waals surface area contributed by atoms with Crippen molar-refractivity contribution in [2.75, 3.05) is 0 Å². The van der Waals surface area contributed by atoms with Gasteiger partial charge in [0.1, 0.15) is 0 Å². The average Bonchev–Trinajstić information content (AvgIpc) is 2.51. The first-order valence-electron chi connectivity index (χ1n) is 7.80. The van der Waals surface area contributed by atoms with Crippen LogP contribution in [-0.4, -0.2) is 24.2 Å². The van der Waals surface area contributed by atoms with Crippen molar-refractivity contribution in [2.24, 2.45) is 4.99 Å². The molecule has 5 nitrogen and oxygen atoms in total. The topological polar surface area (TPSA) is 79.6 Å². The normalized spacial score (nSPS) is 12.0. The third-order valence-electron chi connectivity index (χ3n) is 3.70. The molecular weight excluding hydrogens is 347 g/mol. The van der Waals surface area contributed by atoms with Crippen LogP contribution in [0.1, 0.15) is 57.8 Å². The number of rotatable bonds is 5. The van der Waals surface area contributed by atoms with Crippen LogP contribution in [0.2, 0.25) is 0 Å². The number of benzene rings is 1. The molecule has 0 fully saturated rings. The number of hydrogen-bond donors (Lipinski definition) is 1. The maximum atomic E-state index is 11.6. The van der Waals surface area contributed by atoms with E-state index < -0.39 is 10.1 Å². The second-order valence-electron chi connectivity index (χ2n) is 6.25. The average molecular weight is 370 g/mol. The van der Waals surface area contributed by atoms with Crippen molar-refractivity contribution in [1.29, 1.82) is 0 Å². The summed E-state index contributed by atoms with van der Waals surface area (Å²) in [6.45, 7) is 7.86. The molecule has 0 saturated carbocycles. The van der Waals surface area contributed by atoms with Gasteiger partial charge >= 0.3 is 29.6 Å². The minimum absolute atomic E-state index is 0. The molecule has 0 amide bonds. The van der Waals surface area contributed by atoms with E-state index in [2.05, 4.69) is 9.98 Å². The summed E-state index contributed by atoms with van der Waals surface area (Å²) < 4.78 is 32.6. The molecule has 130 valence electrons. The summed E-state index contributed by atoms with van der Waals surface area (Å²) in [5, 5.41) is 0. The molecule has 1 heterocycles. The molecule has 0 atom stereocenters. The van der Waals surface area contributed by atoms with Crippen LogP contribution < -0.4 is 29.6 Å². The second kappa shape index (κ2) is 9.05. The van der Waals surface area contributed by atoms with Gasteiger partial charge in [0.25, 0.3) is 10.1 Å². The van der Waals surface area contributed by atoms with E-state index >= 15 is 0 Å². The van der Waals surface area contributed by atoms with Gasteiger partial charge in [0.05, 0.1) is 22.5 Å². The zero-order chi connectivity index (χ0) is 17.9. The van der Waals surface area contributed by atoms with Crippen molar-refractivity contribution in [1.82, 2.24) is 4.98 Å². The van der Waals surface area contributed by atoms with Gasteiger partial charge in [-0.15, -0.1) is 0 Å². The zero-order valence-electron chi connectivity index (χ0n) is 16.3. The molecule has 1 aromatic heterocycles. The number of hydrogen-bond acceptors (Lipinski definition) is 4. The first kappa shape index (κ1) is 22.0. The Morgan fingerprint density at radius 1 is 1.12 bits per heavy atom. The van der Waals surface area contributed by atoms with Crippen LogP contribution in [0.3, 0.4) is 0 Å². The number of aromatic nitrogens is 1. The van der Waals surface area contributed by atoms with Gasteiger partial charge in [0, 0.05) is 6.20 Å². The fraction of sp³-hybridized carbons (Fsp3) is 0.333. The summed E-state index contributed by atoms with van der Waals surface area (Å²) in [6, 6.07) is 8.55. The molecule has 0 spiro atoms. The van der Waals surface area contributed by atoms with Gasteiger partial charge in [0.2, 0.25) is 0 Å². The van der Waals surface area contributed by atoms with Crippen LogP contribution in [0.4, 0.5) is 5.69 Å². The van der Waals surface area contributed by atoms with Crippen LogP contribution in [-0.2, 0) is 10.1 Å². The molecule has 1 N–H and O–H groups in total. The van der Waals surface area contributed by atoms with E-state index in [-0.39, 0.29) is 47.7 Å². The molecule has 0 saturated heterocycles. The molecule has 0 unspecified atom stereocenters. The smallest absolute Gasteiger partial charge is 1.00 e. The van der Waals surface area contributed by atoms with Crippen molar-refractivity contribution >= 4 is 22.0 Å². The number of aliphatic imine (C=N–C) groups is 1. The molecule has 0 bridgehead atoms. The Balaban J connectivity index is 0.00000312. The van der Waals surface area contributed by atoms with Crippen LogP contribution in [0.25, 0.3) is 0 Å². The number of pyridine rings is 1. The minimum Gasteiger partial charge on any atom is -1.00 e. The second-order valence-corrected chi connectivity index (χ2v) is 7.67. The standard InChI is InChI=1S/C18H22N2O3S.Na.H/c1-12(2)16-9-15(24(21,22)23)10-17(13(3)4)18(16)20-11-14-7-5-6-8-19-14;;/h5-13H,1-4H3,(H,21,22,23);;/q;+1;-1. The zero-order valence-corrected chi connectivity index (χ0v) is 18.1. The van der Waals surface area contributed by atoms with Crippen LogP contribution in [0.5, 0.6) is 0 Å². The van der Waals surface area contributed by atoms with Crippen molar-refractivity contribution in [3.8, 4) is 0 Å². The summed E-state index contributed by atoms with van der Waals surface area (Å²) in [5.41, 5.74) is 3.01. The molecule has 0 aliphatic carbocycles. The maximum Gasteiger partial charge on any atom is 1.00 e. The van der Waals surface area contributed by atoms with Crippen LogP contribution in [0.15, 0.2) is 46.4 Å². The summed E-state index contributed by atoms with van der Waals surface area (Å²) in [6.07, 6.45) is 3.36. The maximum absolute atomic E-state index is 11.6. The molecular formula is C18H23N2NaO3S. The number of nitrogens with zero attached hydrogens (tertiary/aromatic N) is 2. The van der Waals surface area contributed by atoms with Crippen molar-refractivity contribution in [3.05, 3.63) is 53.3 Å². The first-order chi connectivity index (χ1) is 11.2. The van der Waals surface area contributed by atoms with Gasteiger partial charge in [-0.3, -0.25) is 14.5 Å². The summed E-state index contributed by atoms with van der Waals surface area (Å²) in [5.74, 6) is 0.111. The van der Waals surface area contributed by atoms with Gasteiger partial charge in [-0.1, -0.05) is 33.8 Å². The molecule has 1 aromatic carbocycles. The molecule has 2 rings (SSSR count). The Kier molecular flexibility index (Phi) is 7.96. The molecule has 2 aromatic rings. The van der Waals surface area contributed by atoms with E-state index in [0.717, 1.165) is 22.5 Å². The first-order valence-corrected chi connectivity index (χ1v) is 9.24. The molecule has 7 heteroatoms. The fourth-order valence-electron chi connectivity index (χ4n) is 2.41. The Labute approximate surface area is 173 Å². The molecule has 0 aliphatic rings. The van der Waals surface area contributed by atoms with Crippen molar-refractivity contribution in [3.63, 3.8) is 0 Å². The minimum atomic E-state index is -4.26. The van der Waals surface area contributed by atoms with E-state index in [1.54, 1.807) is 12.4 Å². The molecule has 0 radical (unpaired) electrons. The fourth-order valence-corrected chi connectivity index (χ4v) is 2.96. The van der Waals surface area contributed by atoms with E-state index in [0.29, 0.717) is 0 Å². The van der Waals surface area contributed by atoms with Crippen molar-refractivity contribution < 1.29 is 44.0 Å². The summed E-state index contributed by atoms with van der Waals surface area (Å²) in [4.78, 5) is 8.70. The molecule has 0 aliphatic heterocycles. The monoisotopic (exact) mass is 370 g/mol. The summed E-state index contributed by atoms with van der Waals surface area (Å²) in [7, 11) is -4.26. The third-order valence-corrected chi connectivity index (χ3v) is 4.53. The van der Waals surface area contributed by atoms with Gasteiger partial charge < -0.3 is 1.43 Å². The Bertz CT molecular complexity index is 825. The Morgan fingerprint density at radius 2 is 1.68 bits per heavy atom. The quantitative estimate of drug-likeness (QED) is 0.491. The van der Waals surface area contributed by atoms with E-state index in [1.807, 2.05) is 45.9 Å². The van der Waals surface area contributed by atoms with Crippen LogP contribution >= 0.6 is 0 Å². The van der Waals surface area contributed by atoms with Gasteiger partial charge in [0.15, 0.2) is 0 Å². The van der Waals surface area contributed by atoms with Crippen LogP contribution in [0, 0.1) is 0 Å². The van der Waals surface area contributed by atoms with Gasteiger partial charge in [-0.05, 0) is 47.2 Å². The van der Waals surface area contributed by atoms with Crippen molar-refractivity contribution in [2.45, 2.75) is 44.4 Å². The van der Waals surface area contributed by atoms with E-state index in [4.69, 9.17) is 0 Å². The SMILES string of the molecule is CC(C)c1cc(S(=O)(=O)O)cc(C(C)C)c1N=Cc1ccccn1.[H-].[Na+]. The van der Waals surface area contributed by atoms with Gasteiger partial charge in [-0.2, -0.15) is 8.42 Å². The predicted octanol–water partition coefficient (Wildman–Crippen LogP) is 1.44. The Morgan fingerprint density at radius 3 is 2.08 bits per heavy atom. The largest absolute Gasteiger partial charge is 1.00 e. The Hall–Kier alpha value is -1.05. The predicted molar refractivity (Wildman–Crippen MR) is 97.0 cm³/mol. The third kappa shape index (κ3) is 5.72. The molecule has 25 heavy (non-hydrogen) atoms. The van der Waals surface area contributed by atoms with Gasteiger partial charge in [-0.25, -0.2) is 0 Å². The summed E-state index contributed by atoms with van der Waals surface area (Å²) >= 11 is 0. The van der Waals surface area contributed by atoms with E-state index in [1.165, 1.54) is 12.1 Å².